The molecule has 0 spiro atoms. The fraction of sp³-hybridized carbons (Fsp3) is 0.917. The number of carbonyl (C=O) groups is 1. The molecule has 0 saturated carbocycles. The van der Waals surface area contributed by atoms with Crippen LogP contribution in [-0.2, 0) is 4.74 Å². The van der Waals surface area contributed by atoms with Crippen LogP contribution in [0.1, 0.15) is 19.8 Å². The average molecular weight is 241 g/mol. The van der Waals surface area contributed by atoms with Gasteiger partial charge in [-0.05, 0) is 25.3 Å². The molecule has 3 atom stereocenters. The van der Waals surface area contributed by atoms with Crippen molar-refractivity contribution < 1.29 is 9.53 Å². The van der Waals surface area contributed by atoms with E-state index in [1.165, 1.54) is 13.5 Å². The minimum Gasteiger partial charge on any atom is -0.453 e. The molecule has 2 heterocycles. The second-order valence-corrected chi connectivity index (χ2v) is 5.15. The molecular formula is C12H23N3O2. The minimum atomic E-state index is -0.313. The molecule has 2 aliphatic rings. The number of rotatable bonds is 2. The molecule has 5 nitrogen and oxygen atoms in total. The number of hydrogen-bond acceptors (Lipinski definition) is 4. The van der Waals surface area contributed by atoms with Crippen LogP contribution in [0.5, 0.6) is 0 Å². The molecule has 2 saturated heterocycles. The van der Waals surface area contributed by atoms with Gasteiger partial charge in [-0.3, -0.25) is 4.90 Å². The first-order valence-electron chi connectivity index (χ1n) is 6.50. The third-order valence-corrected chi connectivity index (χ3v) is 3.98. The van der Waals surface area contributed by atoms with Gasteiger partial charge in [0, 0.05) is 31.7 Å². The van der Waals surface area contributed by atoms with Crippen LogP contribution in [0.3, 0.4) is 0 Å². The number of alkyl carbamates (subject to hydrolysis) is 1. The Kier molecular flexibility index (Phi) is 4.23. The van der Waals surface area contributed by atoms with Gasteiger partial charge in [-0.15, -0.1) is 0 Å². The Hall–Kier alpha value is -0.810. The number of ether oxygens (including phenoxy) is 1. The lowest BCUT2D eigenvalue weighted by Gasteiger charge is -2.36. The Morgan fingerprint density at radius 1 is 1.47 bits per heavy atom. The molecule has 2 N–H and O–H groups in total. The molecule has 17 heavy (non-hydrogen) atoms. The Balaban J connectivity index is 1.82. The van der Waals surface area contributed by atoms with Crippen LogP contribution < -0.4 is 10.6 Å². The molecule has 2 fully saturated rings. The van der Waals surface area contributed by atoms with E-state index in [-0.39, 0.29) is 12.1 Å². The van der Waals surface area contributed by atoms with Crippen molar-refractivity contribution in [1.29, 1.82) is 0 Å². The van der Waals surface area contributed by atoms with Crippen molar-refractivity contribution in [3.63, 3.8) is 0 Å². The van der Waals surface area contributed by atoms with E-state index in [9.17, 15) is 4.79 Å². The molecule has 0 radical (unpaired) electrons. The number of nitrogens with one attached hydrogen (secondary N) is 2. The third-order valence-electron chi connectivity index (χ3n) is 3.98. The molecule has 0 aromatic heterocycles. The van der Waals surface area contributed by atoms with Crippen molar-refractivity contribution in [2.24, 2.45) is 5.92 Å². The third kappa shape index (κ3) is 3.10. The van der Waals surface area contributed by atoms with Gasteiger partial charge in [0.15, 0.2) is 0 Å². The summed E-state index contributed by atoms with van der Waals surface area (Å²) in [5, 5.41) is 6.34. The maximum Gasteiger partial charge on any atom is 0.407 e. The quantitative estimate of drug-likeness (QED) is 0.735. The number of amides is 1. The maximum absolute atomic E-state index is 11.2. The Morgan fingerprint density at radius 2 is 2.29 bits per heavy atom. The minimum absolute atomic E-state index is 0.247. The first-order chi connectivity index (χ1) is 8.20. The lowest BCUT2D eigenvalue weighted by molar-refractivity contribution is 0.143. The van der Waals surface area contributed by atoms with Gasteiger partial charge < -0.3 is 15.4 Å². The average Bonchev–Trinajstić information content (AvgIpc) is 2.78. The van der Waals surface area contributed by atoms with Crippen LogP contribution in [0, 0.1) is 5.92 Å². The van der Waals surface area contributed by atoms with Crippen molar-refractivity contribution in [2.75, 3.05) is 33.3 Å². The molecule has 2 rings (SSSR count). The van der Waals surface area contributed by atoms with Crippen molar-refractivity contribution in [2.45, 2.75) is 31.8 Å². The van der Waals surface area contributed by atoms with Crippen molar-refractivity contribution >= 4 is 6.09 Å². The van der Waals surface area contributed by atoms with Gasteiger partial charge in [0.1, 0.15) is 0 Å². The topological polar surface area (TPSA) is 53.6 Å². The highest BCUT2D eigenvalue weighted by Gasteiger charge is 2.33. The molecular weight excluding hydrogens is 218 g/mol. The highest BCUT2D eigenvalue weighted by atomic mass is 16.5. The van der Waals surface area contributed by atoms with Gasteiger partial charge in [-0.2, -0.15) is 0 Å². The van der Waals surface area contributed by atoms with Crippen molar-refractivity contribution in [3.8, 4) is 0 Å². The summed E-state index contributed by atoms with van der Waals surface area (Å²) in [6.45, 7) is 6.56. The van der Waals surface area contributed by atoms with Crippen LogP contribution in [0.25, 0.3) is 0 Å². The van der Waals surface area contributed by atoms with E-state index in [0.717, 1.165) is 38.5 Å². The first-order valence-corrected chi connectivity index (χ1v) is 6.50. The van der Waals surface area contributed by atoms with Crippen molar-refractivity contribution in [1.82, 2.24) is 15.5 Å². The molecule has 2 aliphatic heterocycles. The summed E-state index contributed by atoms with van der Waals surface area (Å²) in [6.07, 6.45) is 1.96. The zero-order valence-corrected chi connectivity index (χ0v) is 10.7. The summed E-state index contributed by atoms with van der Waals surface area (Å²) in [7, 11) is 1.41. The fourth-order valence-corrected chi connectivity index (χ4v) is 2.89. The van der Waals surface area contributed by atoms with Gasteiger partial charge in [0.05, 0.1) is 7.11 Å². The van der Waals surface area contributed by atoms with E-state index < -0.39 is 0 Å². The number of methoxy groups -OCH3 is 1. The lowest BCUT2D eigenvalue weighted by atomic mass is 9.94. The summed E-state index contributed by atoms with van der Waals surface area (Å²) in [6, 6.07) is 0.866. The summed E-state index contributed by atoms with van der Waals surface area (Å²) >= 11 is 0. The zero-order chi connectivity index (χ0) is 12.3. The number of nitrogens with zero attached hydrogens (tertiary/aromatic N) is 1. The van der Waals surface area contributed by atoms with Gasteiger partial charge >= 0.3 is 6.09 Å². The molecule has 1 amide bonds. The van der Waals surface area contributed by atoms with Crippen LogP contribution >= 0.6 is 0 Å². The highest BCUT2D eigenvalue weighted by Crippen LogP contribution is 2.22. The second-order valence-electron chi connectivity index (χ2n) is 5.15. The monoisotopic (exact) mass is 241 g/mol. The number of hydrogen-bond donors (Lipinski definition) is 2. The maximum atomic E-state index is 11.2. The zero-order valence-electron chi connectivity index (χ0n) is 10.7. The molecule has 0 bridgehead atoms. The van der Waals surface area contributed by atoms with Crippen LogP contribution in [0.4, 0.5) is 4.79 Å². The Labute approximate surface area is 103 Å². The summed E-state index contributed by atoms with van der Waals surface area (Å²) in [5.74, 6) is 0.744. The lowest BCUT2D eigenvalue weighted by Crippen LogP contribution is -2.50. The summed E-state index contributed by atoms with van der Waals surface area (Å²) < 4.78 is 4.63. The molecule has 0 aromatic rings. The molecule has 3 unspecified atom stereocenters. The van der Waals surface area contributed by atoms with E-state index >= 15 is 0 Å². The smallest absolute Gasteiger partial charge is 0.407 e. The molecule has 0 aromatic carbocycles. The van der Waals surface area contributed by atoms with Crippen LogP contribution in [-0.4, -0.2) is 56.4 Å². The van der Waals surface area contributed by atoms with E-state index in [4.69, 9.17) is 0 Å². The van der Waals surface area contributed by atoms with E-state index in [0.29, 0.717) is 6.04 Å². The van der Waals surface area contributed by atoms with E-state index in [1.807, 2.05) is 0 Å². The predicted octanol–water partition coefficient (Wildman–Crippen LogP) is 0.415. The largest absolute Gasteiger partial charge is 0.453 e. The molecule has 5 heteroatoms. The van der Waals surface area contributed by atoms with Gasteiger partial charge in [-0.1, -0.05) is 6.92 Å². The second kappa shape index (κ2) is 5.69. The molecule has 0 aliphatic carbocycles. The van der Waals surface area contributed by atoms with E-state index in [1.54, 1.807) is 0 Å². The standard InChI is InChI=1S/C12H23N3O2/c1-9-3-5-13-7-11(9)15-6-4-10(8-15)14-12(16)17-2/h9-11,13H,3-8H2,1-2H3,(H,14,16). The summed E-state index contributed by atoms with van der Waals surface area (Å²) in [5.41, 5.74) is 0. The van der Waals surface area contributed by atoms with Gasteiger partial charge in [-0.25, -0.2) is 4.79 Å². The van der Waals surface area contributed by atoms with Crippen molar-refractivity contribution in [3.05, 3.63) is 0 Å². The first kappa shape index (κ1) is 12.6. The number of carbonyl (C=O) groups excluding carboxylic acids is 1. The normalized spacial score (nSPS) is 34.6. The Bertz CT molecular complexity index is 272. The fourth-order valence-electron chi connectivity index (χ4n) is 2.89. The summed E-state index contributed by atoms with van der Waals surface area (Å²) in [4.78, 5) is 13.6. The molecule has 98 valence electrons. The van der Waals surface area contributed by atoms with Crippen LogP contribution in [0.2, 0.25) is 0 Å². The SMILES string of the molecule is COC(=O)NC1CCN(C2CNCCC2C)C1. The highest BCUT2D eigenvalue weighted by molar-refractivity contribution is 5.67. The number of likely N-dealkylation sites (tertiary alicyclic amines) is 1. The van der Waals surface area contributed by atoms with Gasteiger partial charge in [0.25, 0.3) is 0 Å². The van der Waals surface area contributed by atoms with Crippen LogP contribution in [0.15, 0.2) is 0 Å². The van der Waals surface area contributed by atoms with E-state index in [2.05, 4.69) is 27.2 Å². The predicted molar refractivity (Wildman–Crippen MR) is 66.0 cm³/mol. The number of piperidine rings is 1. The van der Waals surface area contributed by atoms with Gasteiger partial charge in [0.2, 0.25) is 0 Å². The Morgan fingerprint density at radius 3 is 3.00 bits per heavy atom.